The summed E-state index contributed by atoms with van der Waals surface area (Å²) in [5.41, 5.74) is 0.788. The molecule has 4 rings (SSSR count). The molecule has 1 amide bonds. The number of benzene rings is 1. The molecule has 4 nitrogen and oxygen atoms in total. The van der Waals surface area contributed by atoms with Crippen molar-refractivity contribution in [2.45, 2.75) is 30.0 Å². The fourth-order valence-electron chi connectivity index (χ4n) is 3.43. The fraction of sp³-hybridized carbons (Fsp3) is 0.333. The highest BCUT2D eigenvalue weighted by atomic mass is 32.2. The van der Waals surface area contributed by atoms with E-state index >= 15 is 0 Å². The molecule has 0 unspecified atom stereocenters. The number of rotatable bonds is 3. The van der Waals surface area contributed by atoms with Crippen LogP contribution < -0.4 is 9.64 Å². The van der Waals surface area contributed by atoms with Crippen LogP contribution in [0.2, 0.25) is 0 Å². The summed E-state index contributed by atoms with van der Waals surface area (Å²) in [4.78, 5) is 18.2. The zero-order valence-corrected chi connectivity index (χ0v) is 16.6. The SMILES string of the molecule is COc1ccc(N2C(=O)[C@H]3N(C2=S)[C@@H](c2cccs2)SC3(C)C)cc1. The second-order valence-corrected chi connectivity index (χ2v) is 9.63. The maximum Gasteiger partial charge on any atom is 0.257 e. The van der Waals surface area contributed by atoms with E-state index in [1.165, 1.54) is 4.88 Å². The topological polar surface area (TPSA) is 32.8 Å². The van der Waals surface area contributed by atoms with Crippen LogP contribution in [0, 0.1) is 0 Å². The number of hydrogen-bond donors (Lipinski definition) is 0. The van der Waals surface area contributed by atoms with Gasteiger partial charge in [0.1, 0.15) is 17.2 Å². The van der Waals surface area contributed by atoms with Gasteiger partial charge in [-0.05, 0) is 61.8 Å². The van der Waals surface area contributed by atoms with Crippen LogP contribution in [0.25, 0.3) is 0 Å². The standard InChI is InChI=1S/C18H18N2O2S3/c1-18(2)14-15(21)19(11-6-8-12(22-3)9-7-11)17(23)20(14)16(25-18)13-5-4-10-24-13/h4-10,14,16H,1-3H3/t14-,16-/m1/s1. The Morgan fingerprint density at radius 1 is 1.20 bits per heavy atom. The smallest absolute Gasteiger partial charge is 0.257 e. The molecule has 0 spiro atoms. The average molecular weight is 391 g/mol. The third-order valence-corrected chi connectivity index (χ3v) is 7.59. The first-order valence-corrected chi connectivity index (χ1v) is 10.1. The number of hydrogen-bond acceptors (Lipinski definition) is 5. The summed E-state index contributed by atoms with van der Waals surface area (Å²) in [6.45, 7) is 4.25. The van der Waals surface area contributed by atoms with E-state index < -0.39 is 0 Å². The van der Waals surface area contributed by atoms with E-state index in [4.69, 9.17) is 17.0 Å². The largest absolute Gasteiger partial charge is 0.497 e. The molecule has 3 heterocycles. The van der Waals surface area contributed by atoms with Gasteiger partial charge in [-0.1, -0.05) is 6.07 Å². The highest BCUT2D eigenvalue weighted by Gasteiger charge is 2.59. The lowest BCUT2D eigenvalue weighted by Gasteiger charge is -2.24. The quantitative estimate of drug-likeness (QED) is 0.731. The number of nitrogens with zero attached hydrogens (tertiary/aromatic N) is 2. The Morgan fingerprint density at radius 2 is 1.92 bits per heavy atom. The van der Waals surface area contributed by atoms with Gasteiger partial charge >= 0.3 is 0 Å². The van der Waals surface area contributed by atoms with Gasteiger partial charge in [-0.3, -0.25) is 9.69 Å². The van der Waals surface area contributed by atoms with Crippen LogP contribution in [0.15, 0.2) is 41.8 Å². The van der Waals surface area contributed by atoms with Gasteiger partial charge in [-0.15, -0.1) is 23.1 Å². The lowest BCUT2D eigenvalue weighted by Crippen LogP contribution is -2.41. The van der Waals surface area contributed by atoms with E-state index in [-0.39, 0.29) is 22.1 Å². The molecule has 0 aliphatic carbocycles. The predicted octanol–water partition coefficient (Wildman–Crippen LogP) is 4.28. The Morgan fingerprint density at radius 3 is 2.52 bits per heavy atom. The van der Waals surface area contributed by atoms with Gasteiger partial charge in [0.2, 0.25) is 0 Å². The van der Waals surface area contributed by atoms with Crippen LogP contribution in [0.3, 0.4) is 0 Å². The summed E-state index contributed by atoms with van der Waals surface area (Å²) in [7, 11) is 1.63. The van der Waals surface area contributed by atoms with Crippen molar-refractivity contribution in [3.8, 4) is 5.75 Å². The first kappa shape index (κ1) is 16.9. The molecule has 2 aromatic rings. The number of anilines is 1. The molecule has 130 valence electrons. The van der Waals surface area contributed by atoms with E-state index in [2.05, 4.69) is 30.2 Å². The van der Waals surface area contributed by atoms with Crippen LogP contribution in [0.4, 0.5) is 5.69 Å². The van der Waals surface area contributed by atoms with Crippen LogP contribution in [-0.2, 0) is 4.79 Å². The van der Waals surface area contributed by atoms with E-state index in [1.807, 2.05) is 42.1 Å². The number of thioether (sulfide) groups is 1. The van der Waals surface area contributed by atoms with Crippen LogP contribution in [-0.4, -0.2) is 33.8 Å². The van der Waals surface area contributed by atoms with Crippen molar-refractivity contribution in [2.24, 2.45) is 0 Å². The van der Waals surface area contributed by atoms with Crippen molar-refractivity contribution in [1.82, 2.24) is 4.90 Å². The Balaban J connectivity index is 1.74. The minimum atomic E-state index is -0.251. The Labute approximate surface area is 160 Å². The molecule has 2 fully saturated rings. The zero-order chi connectivity index (χ0) is 17.8. The molecule has 0 saturated carbocycles. The second kappa shape index (κ2) is 6.00. The van der Waals surface area contributed by atoms with Crippen molar-refractivity contribution in [2.75, 3.05) is 12.0 Å². The minimum Gasteiger partial charge on any atom is -0.497 e. The third-order valence-electron chi connectivity index (χ3n) is 4.59. The van der Waals surface area contributed by atoms with Gasteiger partial charge < -0.3 is 9.64 Å². The van der Waals surface area contributed by atoms with Crippen LogP contribution in [0.5, 0.6) is 5.75 Å². The summed E-state index contributed by atoms with van der Waals surface area (Å²) in [5.74, 6) is 0.806. The number of ether oxygens (including phenoxy) is 1. The Kier molecular flexibility index (Phi) is 4.05. The summed E-state index contributed by atoms with van der Waals surface area (Å²) >= 11 is 9.26. The molecule has 0 radical (unpaired) electrons. The molecule has 0 N–H and O–H groups in total. The van der Waals surface area contributed by atoms with Crippen molar-refractivity contribution in [3.05, 3.63) is 46.7 Å². The molecule has 1 aromatic heterocycles. The molecule has 0 bridgehead atoms. The normalized spacial score (nSPS) is 24.8. The van der Waals surface area contributed by atoms with E-state index in [9.17, 15) is 4.79 Å². The number of amides is 1. The lowest BCUT2D eigenvalue weighted by molar-refractivity contribution is -0.120. The molecule has 1 aromatic carbocycles. The molecule has 2 atom stereocenters. The van der Waals surface area contributed by atoms with E-state index in [1.54, 1.807) is 23.3 Å². The number of thiophene rings is 1. The maximum absolute atomic E-state index is 13.2. The number of methoxy groups -OCH3 is 1. The van der Waals surface area contributed by atoms with Gasteiger partial charge in [0.15, 0.2) is 5.11 Å². The maximum atomic E-state index is 13.2. The van der Waals surface area contributed by atoms with Crippen molar-refractivity contribution in [1.29, 1.82) is 0 Å². The van der Waals surface area contributed by atoms with Crippen LogP contribution >= 0.6 is 35.3 Å². The number of thiocarbonyl (C=S) groups is 1. The molecule has 7 heteroatoms. The van der Waals surface area contributed by atoms with Crippen molar-refractivity contribution in [3.63, 3.8) is 0 Å². The van der Waals surface area contributed by atoms with E-state index in [0.717, 1.165) is 11.4 Å². The first-order chi connectivity index (χ1) is 11.9. The molecule has 2 aliphatic heterocycles. The predicted molar refractivity (Wildman–Crippen MR) is 107 cm³/mol. The second-order valence-electron chi connectivity index (χ2n) is 6.55. The fourth-order valence-corrected chi connectivity index (χ4v) is 6.37. The number of fused-ring (bicyclic) bond motifs is 1. The van der Waals surface area contributed by atoms with Gasteiger partial charge in [0, 0.05) is 9.62 Å². The summed E-state index contributed by atoms with van der Waals surface area (Å²) in [6, 6.07) is 11.4. The zero-order valence-electron chi connectivity index (χ0n) is 14.1. The van der Waals surface area contributed by atoms with Gasteiger partial charge in [0.05, 0.1) is 12.8 Å². The highest BCUT2D eigenvalue weighted by Crippen LogP contribution is 2.56. The molecule has 2 aliphatic rings. The Hall–Kier alpha value is -1.57. The average Bonchev–Trinajstić information content (AvgIpc) is 3.26. The van der Waals surface area contributed by atoms with Gasteiger partial charge in [-0.25, -0.2) is 0 Å². The Bertz CT molecular complexity index is 817. The monoisotopic (exact) mass is 390 g/mol. The van der Waals surface area contributed by atoms with E-state index in [0.29, 0.717) is 5.11 Å². The molecule has 2 saturated heterocycles. The van der Waals surface area contributed by atoms with Gasteiger partial charge in [0.25, 0.3) is 5.91 Å². The highest BCUT2D eigenvalue weighted by molar-refractivity contribution is 8.01. The lowest BCUT2D eigenvalue weighted by atomic mass is 10.0. The van der Waals surface area contributed by atoms with Gasteiger partial charge in [-0.2, -0.15) is 0 Å². The minimum absolute atomic E-state index is 0.0479. The third kappa shape index (κ3) is 2.56. The molecule has 25 heavy (non-hydrogen) atoms. The number of carbonyl (C=O) groups excluding carboxylic acids is 1. The summed E-state index contributed by atoms with van der Waals surface area (Å²) in [6.07, 6.45) is 0. The van der Waals surface area contributed by atoms with Crippen molar-refractivity contribution < 1.29 is 9.53 Å². The summed E-state index contributed by atoms with van der Waals surface area (Å²) in [5, 5.41) is 2.73. The first-order valence-electron chi connectivity index (χ1n) is 7.95. The number of carbonyl (C=O) groups is 1. The van der Waals surface area contributed by atoms with Crippen molar-refractivity contribution >= 4 is 52.0 Å². The molecular formula is C18H18N2O2S3. The van der Waals surface area contributed by atoms with Crippen LogP contribution in [0.1, 0.15) is 24.1 Å². The molecular weight excluding hydrogens is 372 g/mol. The summed E-state index contributed by atoms with van der Waals surface area (Å²) < 4.78 is 5.00.